The van der Waals surface area contributed by atoms with Crippen LogP contribution in [-0.2, 0) is 16.1 Å². The molecule has 0 aromatic carbocycles. The van der Waals surface area contributed by atoms with E-state index < -0.39 is 11.8 Å². The molecule has 0 radical (unpaired) electrons. The lowest BCUT2D eigenvalue weighted by atomic mass is 10.1. The van der Waals surface area contributed by atoms with E-state index in [0.29, 0.717) is 5.76 Å². The van der Waals surface area contributed by atoms with Crippen molar-refractivity contribution in [1.29, 1.82) is 0 Å². The molecule has 2 heterocycles. The van der Waals surface area contributed by atoms with Gasteiger partial charge in [-0.15, -0.1) is 0 Å². The summed E-state index contributed by atoms with van der Waals surface area (Å²) in [6.45, 7) is 2.01. The van der Waals surface area contributed by atoms with Crippen molar-refractivity contribution in [3.8, 4) is 0 Å². The predicted molar refractivity (Wildman–Crippen MR) is 72.9 cm³/mol. The van der Waals surface area contributed by atoms with Crippen LogP contribution in [0.3, 0.4) is 0 Å². The molecule has 0 atom stereocenters. The van der Waals surface area contributed by atoms with Crippen LogP contribution in [0, 0.1) is 0 Å². The van der Waals surface area contributed by atoms with E-state index in [9.17, 15) is 9.59 Å². The first-order chi connectivity index (χ1) is 9.65. The number of piperidine rings is 1. The molecule has 1 fully saturated rings. The van der Waals surface area contributed by atoms with Crippen molar-refractivity contribution >= 4 is 17.5 Å². The Balaban J connectivity index is 1.73. The van der Waals surface area contributed by atoms with Crippen LogP contribution in [0.25, 0.3) is 0 Å². The maximum absolute atomic E-state index is 11.5. The van der Waals surface area contributed by atoms with Gasteiger partial charge >= 0.3 is 11.8 Å². The topological polar surface area (TPSA) is 86.9 Å². The van der Waals surface area contributed by atoms with Crippen molar-refractivity contribution in [2.45, 2.75) is 19.4 Å². The van der Waals surface area contributed by atoms with Gasteiger partial charge in [0, 0.05) is 31.6 Å². The molecule has 7 nitrogen and oxygen atoms in total. The molecule has 1 aromatic rings. The van der Waals surface area contributed by atoms with Gasteiger partial charge in [0.25, 0.3) is 0 Å². The first-order valence-electron chi connectivity index (χ1n) is 6.49. The van der Waals surface area contributed by atoms with Gasteiger partial charge in [0.15, 0.2) is 0 Å². The molecule has 7 heteroatoms. The summed E-state index contributed by atoms with van der Waals surface area (Å²) in [4.78, 5) is 25.3. The quantitative estimate of drug-likeness (QED) is 0.606. The average Bonchev–Trinajstić information content (AvgIpc) is 2.97. The third kappa shape index (κ3) is 4.20. The van der Waals surface area contributed by atoms with Gasteiger partial charge in [-0.25, -0.2) is 5.43 Å². The van der Waals surface area contributed by atoms with Crippen LogP contribution >= 0.6 is 0 Å². The number of amides is 2. The summed E-state index contributed by atoms with van der Waals surface area (Å²) in [6.07, 6.45) is 3.13. The van der Waals surface area contributed by atoms with Crippen molar-refractivity contribution in [2.75, 3.05) is 20.1 Å². The summed E-state index contributed by atoms with van der Waals surface area (Å²) in [5, 5.41) is 6.45. The number of furan rings is 1. The van der Waals surface area contributed by atoms with Gasteiger partial charge in [-0.05, 0) is 19.2 Å². The molecule has 0 bridgehead atoms. The van der Waals surface area contributed by atoms with Crippen molar-refractivity contribution in [3.05, 3.63) is 24.2 Å². The molecule has 1 aliphatic rings. The number of carbonyl (C=O) groups excluding carboxylic acids is 2. The van der Waals surface area contributed by atoms with E-state index in [1.54, 1.807) is 12.1 Å². The third-order valence-electron chi connectivity index (χ3n) is 3.09. The fourth-order valence-corrected chi connectivity index (χ4v) is 1.83. The van der Waals surface area contributed by atoms with Gasteiger partial charge < -0.3 is 14.6 Å². The van der Waals surface area contributed by atoms with Gasteiger partial charge in [0.1, 0.15) is 5.76 Å². The molecule has 2 rings (SSSR count). The van der Waals surface area contributed by atoms with Crippen LogP contribution in [0.5, 0.6) is 0 Å². The summed E-state index contributed by atoms with van der Waals surface area (Å²) in [6, 6.07) is 3.44. The van der Waals surface area contributed by atoms with Gasteiger partial charge in [-0.1, -0.05) is 0 Å². The Hall–Kier alpha value is -2.15. The maximum atomic E-state index is 11.5. The van der Waals surface area contributed by atoms with Crippen LogP contribution in [0.4, 0.5) is 0 Å². The number of hydrazone groups is 1. The van der Waals surface area contributed by atoms with E-state index in [0.717, 1.165) is 31.6 Å². The molecular formula is C13H18N4O3. The third-order valence-corrected chi connectivity index (χ3v) is 3.09. The first kappa shape index (κ1) is 14.3. The number of nitrogens with zero attached hydrogens (tertiary/aromatic N) is 2. The van der Waals surface area contributed by atoms with Crippen LogP contribution < -0.4 is 10.7 Å². The Morgan fingerprint density at radius 3 is 2.75 bits per heavy atom. The van der Waals surface area contributed by atoms with Crippen molar-refractivity contribution in [2.24, 2.45) is 5.10 Å². The summed E-state index contributed by atoms with van der Waals surface area (Å²) >= 11 is 0. The molecule has 0 saturated carbocycles. The van der Waals surface area contributed by atoms with E-state index in [4.69, 9.17) is 4.42 Å². The van der Waals surface area contributed by atoms with Crippen LogP contribution in [0.15, 0.2) is 27.9 Å². The summed E-state index contributed by atoms with van der Waals surface area (Å²) in [5.41, 5.74) is 3.20. The lowest BCUT2D eigenvalue weighted by molar-refractivity contribution is -0.139. The van der Waals surface area contributed by atoms with Gasteiger partial charge in [-0.3, -0.25) is 9.59 Å². The smallest absolute Gasteiger partial charge is 0.329 e. The van der Waals surface area contributed by atoms with Crippen molar-refractivity contribution < 1.29 is 14.0 Å². The van der Waals surface area contributed by atoms with E-state index in [1.807, 2.05) is 7.05 Å². The number of nitrogens with one attached hydrogen (secondary N) is 2. The average molecular weight is 278 g/mol. The van der Waals surface area contributed by atoms with Crippen LogP contribution in [-0.4, -0.2) is 42.6 Å². The Labute approximate surface area is 117 Å². The summed E-state index contributed by atoms with van der Waals surface area (Å²) in [5.74, 6) is -0.894. The SMILES string of the molecule is CN1CCC(=NNC(=O)C(=O)NCc2ccco2)CC1. The van der Waals surface area contributed by atoms with Crippen LogP contribution in [0.1, 0.15) is 18.6 Å². The zero-order valence-electron chi connectivity index (χ0n) is 11.4. The lowest BCUT2D eigenvalue weighted by Crippen LogP contribution is -2.38. The largest absolute Gasteiger partial charge is 0.467 e. The molecule has 2 N–H and O–H groups in total. The summed E-state index contributed by atoms with van der Waals surface area (Å²) < 4.78 is 5.05. The number of hydrogen-bond acceptors (Lipinski definition) is 5. The fourth-order valence-electron chi connectivity index (χ4n) is 1.83. The minimum Gasteiger partial charge on any atom is -0.467 e. The van der Waals surface area contributed by atoms with Crippen LogP contribution in [0.2, 0.25) is 0 Å². The Kier molecular flexibility index (Phi) is 4.89. The van der Waals surface area contributed by atoms with Gasteiger partial charge in [0.2, 0.25) is 0 Å². The highest BCUT2D eigenvalue weighted by Crippen LogP contribution is 2.04. The second-order valence-corrected chi connectivity index (χ2v) is 4.68. The Morgan fingerprint density at radius 2 is 2.10 bits per heavy atom. The number of hydrogen-bond donors (Lipinski definition) is 2. The zero-order chi connectivity index (χ0) is 14.4. The Bertz CT molecular complexity index is 486. The number of rotatable bonds is 3. The second-order valence-electron chi connectivity index (χ2n) is 4.68. The van der Waals surface area contributed by atoms with Crippen molar-refractivity contribution in [1.82, 2.24) is 15.6 Å². The van der Waals surface area contributed by atoms with E-state index >= 15 is 0 Å². The monoisotopic (exact) mass is 278 g/mol. The molecular weight excluding hydrogens is 260 g/mol. The molecule has 0 spiro atoms. The van der Waals surface area contributed by atoms with Gasteiger partial charge in [0.05, 0.1) is 12.8 Å². The highest BCUT2D eigenvalue weighted by atomic mass is 16.3. The minimum atomic E-state index is -0.761. The standard InChI is InChI=1S/C13H18N4O3/c1-17-6-4-10(5-7-17)15-16-13(19)12(18)14-9-11-3-2-8-20-11/h2-3,8H,4-7,9H2,1H3,(H,14,18)(H,16,19). The molecule has 20 heavy (non-hydrogen) atoms. The number of carbonyl (C=O) groups is 2. The molecule has 0 unspecified atom stereocenters. The lowest BCUT2D eigenvalue weighted by Gasteiger charge is -2.22. The van der Waals surface area contributed by atoms with Crippen molar-refractivity contribution in [3.63, 3.8) is 0 Å². The molecule has 2 amide bonds. The first-order valence-corrected chi connectivity index (χ1v) is 6.49. The molecule has 1 aliphatic heterocycles. The van der Waals surface area contributed by atoms with Gasteiger partial charge in [-0.2, -0.15) is 5.10 Å². The maximum Gasteiger partial charge on any atom is 0.329 e. The predicted octanol–water partition coefficient (Wildman–Crippen LogP) is 0.0936. The van der Waals surface area contributed by atoms with E-state index in [1.165, 1.54) is 6.26 Å². The fraction of sp³-hybridized carbons (Fsp3) is 0.462. The minimum absolute atomic E-state index is 0.181. The highest BCUT2D eigenvalue weighted by molar-refractivity contribution is 6.35. The normalized spacial score (nSPS) is 15.8. The number of likely N-dealkylation sites (tertiary alicyclic amines) is 1. The highest BCUT2D eigenvalue weighted by Gasteiger charge is 2.15. The molecule has 1 saturated heterocycles. The van der Waals surface area contributed by atoms with E-state index in [-0.39, 0.29) is 6.54 Å². The van der Waals surface area contributed by atoms with E-state index in [2.05, 4.69) is 20.7 Å². The molecule has 0 aliphatic carbocycles. The zero-order valence-corrected chi connectivity index (χ0v) is 11.4. The Morgan fingerprint density at radius 1 is 1.35 bits per heavy atom. The summed E-state index contributed by atoms with van der Waals surface area (Å²) in [7, 11) is 2.04. The second kappa shape index (κ2) is 6.85. The molecule has 1 aromatic heterocycles. The molecule has 108 valence electrons.